The van der Waals surface area contributed by atoms with Crippen molar-refractivity contribution >= 4 is 23.0 Å². The van der Waals surface area contributed by atoms with Crippen molar-refractivity contribution in [2.24, 2.45) is 5.73 Å². The molecule has 1 atom stereocenters. The van der Waals surface area contributed by atoms with Gasteiger partial charge in [-0.25, -0.2) is 15.0 Å². The molecule has 0 aliphatic heterocycles. The van der Waals surface area contributed by atoms with Gasteiger partial charge in [-0.3, -0.25) is 4.79 Å². The van der Waals surface area contributed by atoms with Crippen LogP contribution in [0.2, 0.25) is 0 Å². The van der Waals surface area contributed by atoms with Crippen LogP contribution in [0, 0.1) is 13.8 Å². The third-order valence-corrected chi connectivity index (χ3v) is 2.62. The molecule has 0 saturated heterocycles. The molecule has 18 heavy (non-hydrogen) atoms. The van der Waals surface area contributed by atoms with Gasteiger partial charge in [-0.2, -0.15) is 0 Å². The maximum atomic E-state index is 10.8. The molecule has 96 valence electrons. The van der Waals surface area contributed by atoms with E-state index in [1.165, 1.54) is 0 Å². The Morgan fingerprint density at radius 3 is 2.67 bits per heavy atom. The second-order valence-electron chi connectivity index (χ2n) is 4.04. The van der Waals surface area contributed by atoms with E-state index in [1.54, 1.807) is 18.4 Å². The van der Waals surface area contributed by atoms with E-state index in [0.717, 1.165) is 0 Å². The molecule has 1 unspecified atom stereocenters. The Hall–Kier alpha value is -2.22. The fraction of sp³-hybridized carbons (Fsp3) is 0.400. The molecule has 8 heteroatoms. The molecule has 0 bridgehead atoms. The number of anilines is 1. The first-order chi connectivity index (χ1) is 8.40. The van der Waals surface area contributed by atoms with Crippen LogP contribution in [0.15, 0.2) is 0 Å². The average Bonchev–Trinajstić information content (AvgIpc) is 2.57. The second-order valence-corrected chi connectivity index (χ2v) is 4.04. The van der Waals surface area contributed by atoms with Gasteiger partial charge in [0.15, 0.2) is 17.0 Å². The lowest BCUT2D eigenvalue weighted by Crippen LogP contribution is -2.35. The van der Waals surface area contributed by atoms with Crippen LogP contribution < -0.4 is 11.5 Å². The number of imidazole rings is 1. The Morgan fingerprint density at radius 2 is 2.06 bits per heavy atom. The van der Waals surface area contributed by atoms with Gasteiger partial charge in [0.25, 0.3) is 0 Å². The van der Waals surface area contributed by atoms with Crippen molar-refractivity contribution in [3.05, 3.63) is 11.6 Å². The van der Waals surface area contributed by atoms with Crippen molar-refractivity contribution in [1.82, 2.24) is 19.5 Å². The van der Waals surface area contributed by atoms with E-state index in [1.807, 2.05) is 0 Å². The summed E-state index contributed by atoms with van der Waals surface area (Å²) in [7, 11) is 0. The van der Waals surface area contributed by atoms with Crippen LogP contribution in [0.3, 0.4) is 0 Å². The summed E-state index contributed by atoms with van der Waals surface area (Å²) in [5, 5.41) is 8.84. The summed E-state index contributed by atoms with van der Waals surface area (Å²) >= 11 is 0. The van der Waals surface area contributed by atoms with Gasteiger partial charge >= 0.3 is 5.97 Å². The highest BCUT2D eigenvalue weighted by Gasteiger charge is 2.18. The number of carboxylic acids is 1. The number of rotatable bonds is 3. The van der Waals surface area contributed by atoms with Crippen LogP contribution in [0.1, 0.15) is 11.6 Å². The quantitative estimate of drug-likeness (QED) is 0.664. The molecule has 2 rings (SSSR count). The molecule has 0 saturated carbocycles. The minimum Gasteiger partial charge on any atom is -0.480 e. The number of aryl methyl sites for hydroxylation is 2. The van der Waals surface area contributed by atoms with Gasteiger partial charge < -0.3 is 21.1 Å². The largest absolute Gasteiger partial charge is 0.480 e. The first-order valence-electron chi connectivity index (χ1n) is 5.35. The summed E-state index contributed by atoms with van der Waals surface area (Å²) in [5.74, 6) is 0.316. The zero-order chi connectivity index (χ0) is 13.4. The number of hydrogen-bond acceptors (Lipinski definition) is 6. The first-order valence-corrected chi connectivity index (χ1v) is 5.35. The van der Waals surface area contributed by atoms with Gasteiger partial charge in [0.2, 0.25) is 0 Å². The number of fused-ring (bicyclic) bond motifs is 1. The van der Waals surface area contributed by atoms with Gasteiger partial charge in [-0.1, -0.05) is 0 Å². The average molecular weight is 250 g/mol. The summed E-state index contributed by atoms with van der Waals surface area (Å²) < 4.78 is 1.64. The van der Waals surface area contributed by atoms with Crippen LogP contribution in [-0.2, 0) is 11.3 Å². The normalized spacial score (nSPS) is 12.8. The predicted octanol–water partition coefficient (Wildman–Crippen LogP) is -0.563. The highest BCUT2D eigenvalue weighted by atomic mass is 16.4. The first kappa shape index (κ1) is 12.2. The number of nitrogens with zero attached hydrogens (tertiary/aromatic N) is 4. The van der Waals surface area contributed by atoms with Crippen LogP contribution >= 0.6 is 0 Å². The third kappa shape index (κ3) is 1.97. The molecule has 0 aliphatic carbocycles. The SMILES string of the molecule is Cc1nc(N)c2nc(C)n(CC(N)C(=O)O)c2n1. The Labute approximate surface area is 103 Å². The zero-order valence-corrected chi connectivity index (χ0v) is 10.1. The Morgan fingerprint density at radius 1 is 1.39 bits per heavy atom. The number of nitrogens with two attached hydrogens (primary N) is 2. The fourth-order valence-corrected chi connectivity index (χ4v) is 1.74. The molecule has 5 N–H and O–H groups in total. The van der Waals surface area contributed by atoms with Gasteiger partial charge in [0.1, 0.15) is 17.7 Å². The standard InChI is InChI=1S/C10H14N6O2/c1-4-13-8(12)7-9(14-4)16(5(2)15-7)3-6(11)10(17)18/h6H,3,11H2,1-2H3,(H,17,18)(H2,12,13,14). The lowest BCUT2D eigenvalue weighted by molar-refractivity contribution is -0.138. The molecule has 0 aliphatic rings. The van der Waals surface area contributed by atoms with E-state index >= 15 is 0 Å². The highest BCUT2D eigenvalue weighted by Crippen LogP contribution is 2.18. The number of aromatic nitrogens is 4. The van der Waals surface area contributed by atoms with E-state index in [-0.39, 0.29) is 12.4 Å². The molecule has 0 aromatic carbocycles. The second kappa shape index (κ2) is 4.22. The molecule has 0 spiro atoms. The Balaban J connectivity index is 2.56. The van der Waals surface area contributed by atoms with E-state index in [2.05, 4.69) is 15.0 Å². The maximum Gasteiger partial charge on any atom is 0.322 e. The number of hydrogen-bond donors (Lipinski definition) is 3. The summed E-state index contributed by atoms with van der Waals surface area (Å²) in [5.41, 5.74) is 12.3. The van der Waals surface area contributed by atoms with Crippen LogP contribution in [0.4, 0.5) is 5.82 Å². The van der Waals surface area contributed by atoms with Gasteiger partial charge in [0.05, 0.1) is 6.54 Å². The molecular weight excluding hydrogens is 236 g/mol. The summed E-state index contributed by atoms with van der Waals surface area (Å²) in [6.45, 7) is 3.54. The molecule has 2 aromatic heterocycles. The lowest BCUT2D eigenvalue weighted by atomic mass is 10.3. The highest BCUT2D eigenvalue weighted by molar-refractivity contribution is 5.82. The minimum atomic E-state index is -1.07. The third-order valence-electron chi connectivity index (χ3n) is 2.62. The van der Waals surface area contributed by atoms with E-state index < -0.39 is 12.0 Å². The van der Waals surface area contributed by atoms with E-state index in [0.29, 0.717) is 22.8 Å². The molecule has 0 fully saturated rings. The molecule has 0 radical (unpaired) electrons. The zero-order valence-electron chi connectivity index (χ0n) is 10.1. The Bertz CT molecular complexity index is 620. The van der Waals surface area contributed by atoms with Crippen molar-refractivity contribution in [3.63, 3.8) is 0 Å². The molecule has 0 amide bonds. The molecular formula is C10H14N6O2. The van der Waals surface area contributed by atoms with Crippen molar-refractivity contribution in [3.8, 4) is 0 Å². The van der Waals surface area contributed by atoms with Crippen molar-refractivity contribution in [2.75, 3.05) is 5.73 Å². The number of carbonyl (C=O) groups is 1. The van der Waals surface area contributed by atoms with Crippen molar-refractivity contribution < 1.29 is 9.90 Å². The summed E-state index contributed by atoms with van der Waals surface area (Å²) in [6, 6.07) is -1.02. The smallest absolute Gasteiger partial charge is 0.322 e. The van der Waals surface area contributed by atoms with Crippen LogP contribution in [-0.4, -0.2) is 36.6 Å². The van der Waals surface area contributed by atoms with Gasteiger partial charge in [0, 0.05) is 0 Å². The molecule has 2 heterocycles. The van der Waals surface area contributed by atoms with E-state index in [9.17, 15) is 4.79 Å². The van der Waals surface area contributed by atoms with Gasteiger partial charge in [-0.15, -0.1) is 0 Å². The predicted molar refractivity (Wildman–Crippen MR) is 64.8 cm³/mol. The number of nitrogen functional groups attached to an aromatic ring is 1. The number of aliphatic carboxylic acids is 1. The van der Waals surface area contributed by atoms with Crippen molar-refractivity contribution in [2.45, 2.75) is 26.4 Å². The van der Waals surface area contributed by atoms with Crippen LogP contribution in [0.25, 0.3) is 11.2 Å². The van der Waals surface area contributed by atoms with Crippen LogP contribution in [0.5, 0.6) is 0 Å². The fourth-order valence-electron chi connectivity index (χ4n) is 1.74. The Kier molecular flexibility index (Phi) is 2.87. The minimum absolute atomic E-state index is 0.0908. The monoisotopic (exact) mass is 250 g/mol. The summed E-state index contributed by atoms with van der Waals surface area (Å²) in [4.78, 5) is 23.3. The topological polar surface area (TPSA) is 133 Å². The lowest BCUT2D eigenvalue weighted by Gasteiger charge is -2.09. The van der Waals surface area contributed by atoms with E-state index in [4.69, 9.17) is 16.6 Å². The number of carboxylic acid groups (broad SMARTS) is 1. The maximum absolute atomic E-state index is 10.8. The van der Waals surface area contributed by atoms with Crippen molar-refractivity contribution in [1.29, 1.82) is 0 Å². The summed E-state index contributed by atoms with van der Waals surface area (Å²) in [6.07, 6.45) is 0. The molecule has 2 aromatic rings. The molecule has 8 nitrogen and oxygen atoms in total. The van der Waals surface area contributed by atoms with Gasteiger partial charge in [-0.05, 0) is 13.8 Å².